The summed E-state index contributed by atoms with van der Waals surface area (Å²) in [4.78, 5) is 0. The van der Waals surface area contributed by atoms with E-state index in [1.54, 1.807) is 0 Å². The van der Waals surface area contributed by atoms with Crippen LogP contribution in [0.1, 0.15) is 0 Å². The van der Waals surface area contributed by atoms with E-state index in [0.29, 0.717) is 0 Å². The van der Waals surface area contributed by atoms with Crippen molar-refractivity contribution in [2.24, 2.45) is 0 Å². The molecule has 0 bridgehead atoms. The van der Waals surface area contributed by atoms with Gasteiger partial charge in [-0.3, -0.25) is 0 Å². The third kappa shape index (κ3) is 14.6. The average molecular weight is 1830 g/mol. The standard InChI is InChI=1S/2C48H32N2.C42H28N2/c1-4-15-33(16-5-1)36-21-14-22-39(30-36)50-44-25-12-10-23-41(44)42-27-28-46-47(48(42)50)43-24-11-13-26-45(43)49(46)40-31-37(34-17-6-2-7-18-34)29-38(32-40)35-19-8-3-9-20-35;1-4-14-33(15-5-1)36-24-26-39(27-25-36)50-44-22-12-10-20-41(44)42-28-29-46-47(48(42)50)43-21-11-13-23-45(43)49(46)40-31-37(34-16-6-2-7-17-34)30-38(32-40)35-18-8-3-9-19-35;1-4-14-29(15-5-1)31-26-32(30-16-6-2-7-17-30)28-34(27-31)43-39-23-13-11-21-37(39)41-40(43)25-24-36-35-20-10-12-22-38(35)44(42(36)41)33-18-8-3-9-19-33/h2*1-32H;1-28H. The smallest absolute Gasteiger partial charge is 0.0641 e. The minimum Gasteiger partial charge on any atom is -0.309 e. The van der Waals surface area contributed by atoms with Crippen molar-refractivity contribution in [2.75, 3.05) is 0 Å². The lowest BCUT2D eigenvalue weighted by molar-refractivity contribution is 1.17. The first-order valence-electron chi connectivity index (χ1n) is 49.5. The lowest BCUT2D eigenvalue weighted by Gasteiger charge is -2.14. The number of benzene rings is 23. The molecule has 0 saturated carbocycles. The Bertz CT molecular complexity index is 9780. The van der Waals surface area contributed by atoms with Crippen LogP contribution in [0, 0.1) is 0 Å². The van der Waals surface area contributed by atoms with E-state index in [1.807, 2.05) is 0 Å². The Labute approximate surface area is 833 Å². The molecular weight excluding hydrogens is 1740 g/mol. The number of nitrogens with zero attached hydrogens (tertiary/aromatic N) is 6. The van der Waals surface area contributed by atoms with Gasteiger partial charge in [-0.2, -0.15) is 0 Å². The topological polar surface area (TPSA) is 29.6 Å². The van der Waals surface area contributed by atoms with Crippen LogP contribution in [-0.4, -0.2) is 27.4 Å². The monoisotopic (exact) mass is 1830 g/mol. The van der Waals surface area contributed by atoms with Gasteiger partial charge in [-0.1, -0.05) is 413 Å². The maximum Gasteiger partial charge on any atom is 0.0641 e. The van der Waals surface area contributed by atoms with Crippen LogP contribution in [0.15, 0.2) is 558 Å². The quantitative estimate of drug-likeness (QED) is 0.104. The van der Waals surface area contributed by atoms with Crippen LogP contribution in [0.2, 0.25) is 0 Å². The molecule has 29 rings (SSSR count). The minimum absolute atomic E-state index is 1.14. The highest BCUT2D eigenvalue weighted by Crippen LogP contribution is 2.49. The van der Waals surface area contributed by atoms with Crippen LogP contribution in [0.25, 0.3) is 254 Å². The number of aromatic nitrogens is 6. The van der Waals surface area contributed by atoms with Crippen molar-refractivity contribution in [3.05, 3.63) is 558 Å². The van der Waals surface area contributed by atoms with Crippen LogP contribution >= 0.6 is 0 Å². The summed E-state index contributed by atoms with van der Waals surface area (Å²) in [6, 6.07) is 202. The summed E-state index contributed by atoms with van der Waals surface area (Å²) in [5.41, 5.74) is 40.6. The molecule has 674 valence electrons. The largest absolute Gasteiger partial charge is 0.309 e. The van der Waals surface area contributed by atoms with E-state index in [9.17, 15) is 0 Å². The zero-order chi connectivity index (χ0) is 95.1. The van der Waals surface area contributed by atoms with Crippen molar-refractivity contribution in [1.82, 2.24) is 27.4 Å². The van der Waals surface area contributed by atoms with Gasteiger partial charge in [-0.25, -0.2) is 0 Å². The summed E-state index contributed by atoms with van der Waals surface area (Å²) >= 11 is 0. The third-order valence-electron chi connectivity index (χ3n) is 29.0. The molecule has 0 amide bonds. The van der Waals surface area contributed by atoms with Crippen molar-refractivity contribution in [2.45, 2.75) is 0 Å². The zero-order valence-electron chi connectivity index (χ0n) is 78.8. The summed E-state index contributed by atoms with van der Waals surface area (Å²) in [7, 11) is 0. The van der Waals surface area contributed by atoms with E-state index in [0.717, 1.165) is 28.4 Å². The van der Waals surface area contributed by atoms with Crippen molar-refractivity contribution < 1.29 is 0 Å². The molecule has 6 heterocycles. The zero-order valence-corrected chi connectivity index (χ0v) is 78.8. The van der Waals surface area contributed by atoms with Gasteiger partial charge >= 0.3 is 0 Å². The molecule has 144 heavy (non-hydrogen) atoms. The van der Waals surface area contributed by atoms with Gasteiger partial charge in [0.15, 0.2) is 0 Å². The fourth-order valence-electron chi connectivity index (χ4n) is 22.6. The highest BCUT2D eigenvalue weighted by atomic mass is 15.0. The molecule has 0 fully saturated rings. The Balaban J connectivity index is 0.000000108. The molecule has 0 saturated heterocycles. The second kappa shape index (κ2) is 35.7. The van der Waals surface area contributed by atoms with Gasteiger partial charge in [0.1, 0.15) is 0 Å². The van der Waals surface area contributed by atoms with Crippen molar-refractivity contribution in [1.29, 1.82) is 0 Å². The highest BCUT2D eigenvalue weighted by molar-refractivity contribution is 6.29. The van der Waals surface area contributed by atoms with Crippen LogP contribution in [-0.2, 0) is 0 Å². The first kappa shape index (κ1) is 84.2. The summed E-state index contributed by atoms with van der Waals surface area (Å²) in [6.07, 6.45) is 0. The first-order valence-corrected chi connectivity index (χ1v) is 49.5. The van der Waals surface area contributed by atoms with Gasteiger partial charge in [-0.05, 0) is 235 Å². The molecule has 0 unspecified atom stereocenters. The van der Waals surface area contributed by atoms with Gasteiger partial charge in [0.25, 0.3) is 0 Å². The summed E-state index contributed by atoms with van der Waals surface area (Å²) in [6.45, 7) is 0. The van der Waals surface area contributed by atoms with E-state index in [1.165, 1.54) is 226 Å². The summed E-state index contributed by atoms with van der Waals surface area (Å²) < 4.78 is 14.8. The molecule has 0 spiro atoms. The van der Waals surface area contributed by atoms with E-state index in [2.05, 4.69) is 586 Å². The Kier molecular flexibility index (Phi) is 20.9. The molecule has 6 nitrogen and oxygen atoms in total. The SMILES string of the molecule is c1ccc(-c2cc(-c3ccccc3)cc(-n3c4ccccc4c4c3ccc3c5ccccc5n(-c5cccc(-c6ccccc6)c5)c34)c2)cc1.c1ccc(-c2cc(-c3ccccc3)cc(-n3c4ccccc4c4c3ccc3c5ccccc5n(-c5ccccc5)c34)c2)cc1.c1ccc(-c2ccc(-n3c4ccccc4c4ccc5c(c6ccccc6n5-c5cc(-c6ccccc6)cc(-c6ccccc6)c5)c43)cc2)cc1. The highest BCUT2D eigenvalue weighted by Gasteiger charge is 2.28. The van der Waals surface area contributed by atoms with Crippen molar-refractivity contribution in [3.63, 3.8) is 0 Å². The Morgan fingerprint density at radius 1 is 0.0903 bits per heavy atom. The molecule has 0 aliphatic rings. The molecule has 6 aromatic heterocycles. The number of hydrogen-bond acceptors (Lipinski definition) is 0. The third-order valence-corrected chi connectivity index (χ3v) is 29.0. The number of fused-ring (bicyclic) bond motifs is 21. The van der Waals surface area contributed by atoms with Crippen molar-refractivity contribution in [3.8, 4) is 123 Å². The predicted molar refractivity (Wildman–Crippen MR) is 609 cm³/mol. The molecule has 23 aromatic carbocycles. The maximum atomic E-state index is 2.48. The average Bonchev–Trinajstić information content (AvgIpc) is 1.55. The van der Waals surface area contributed by atoms with E-state index in [-0.39, 0.29) is 0 Å². The van der Waals surface area contributed by atoms with Gasteiger partial charge in [0.05, 0.1) is 66.2 Å². The Morgan fingerprint density at radius 2 is 0.285 bits per heavy atom. The maximum absolute atomic E-state index is 2.48. The lowest BCUT2D eigenvalue weighted by atomic mass is 9.98. The fourth-order valence-corrected chi connectivity index (χ4v) is 22.6. The summed E-state index contributed by atoms with van der Waals surface area (Å²) in [5.74, 6) is 0. The normalized spacial score (nSPS) is 11.6. The Hall–Kier alpha value is -19.1. The van der Waals surface area contributed by atoms with Gasteiger partial charge < -0.3 is 27.4 Å². The van der Waals surface area contributed by atoms with Crippen molar-refractivity contribution >= 4 is 131 Å². The number of para-hydroxylation sites is 7. The molecule has 0 atom stereocenters. The van der Waals surface area contributed by atoms with Crippen LogP contribution < -0.4 is 0 Å². The lowest BCUT2D eigenvalue weighted by Crippen LogP contribution is -1.97. The minimum atomic E-state index is 1.14. The molecule has 0 N–H and O–H groups in total. The Morgan fingerprint density at radius 3 is 0.569 bits per heavy atom. The molecule has 29 aromatic rings. The fraction of sp³-hybridized carbons (Fsp3) is 0. The van der Waals surface area contributed by atoms with Crippen LogP contribution in [0.5, 0.6) is 0 Å². The molecule has 6 heteroatoms. The molecule has 0 aliphatic heterocycles. The number of hydrogen-bond donors (Lipinski definition) is 0. The van der Waals surface area contributed by atoms with Gasteiger partial charge in [-0.15, -0.1) is 0 Å². The second-order valence-corrected chi connectivity index (χ2v) is 37.3. The van der Waals surface area contributed by atoms with Crippen LogP contribution in [0.4, 0.5) is 0 Å². The van der Waals surface area contributed by atoms with E-state index < -0.39 is 0 Å². The number of rotatable bonds is 14. The van der Waals surface area contributed by atoms with Crippen LogP contribution in [0.3, 0.4) is 0 Å². The van der Waals surface area contributed by atoms with Gasteiger partial charge in [0.2, 0.25) is 0 Å². The van der Waals surface area contributed by atoms with Gasteiger partial charge in [0, 0.05) is 98.8 Å². The molecular formula is C138H92N6. The van der Waals surface area contributed by atoms with E-state index in [4.69, 9.17) is 0 Å². The second-order valence-electron chi connectivity index (χ2n) is 37.3. The molecule has 0 aliphatic carbocycles. The molecule has 0 radical (unpaired) electrons. The predicted octanol–water partition coefficient (Wildman–Crippen LogP) is 37.0. The van der Waals surface area contributed by atoms with E-state index >= 15 is 0 Å². The first-order chi connectivity index (χ1) is 71.5. The summed E-state index contributed by atoms with van der Waals surface area (Å²) in [5, 5.41) is 15.1.